The van der Waals surface area contributed by atoms with Gasteiger partial charge in [-0.15, -0.1) is 10.2 Å². The van der Waals surface area contributed by atoms with Crippen LogP contribution in [0.5, 0.6) is 0 Å². The summed E-state index contributed by atoms with van der Waals surface area (Å²) in [4.78, 5) is 11.9. The van der Waals surface area contributed by atoms with E-state index in [9.17, 15) is 9.90 Å². The molecule has 0 saturated carbocycles. The molecule has 8 heteroatoms. The van der Waals surface area contributed by atoms with Crippen LogP contribution in [0.15, 0.2) is 48.7 Å². The lowest BCUT2D eigenvalue weighted by Gasteiger charge is -2.14. The van der Waals surface area contributed by atoms with Crippen LogP contribution in [0.4, 0.5) is 4.79 Å². The predicted molar refractivity (Wildman–Crippen MR) is 89.6 cm³/mol. The molecule has 1 unspecified atom stereocenters. The Hall–Kier alpha value is -2.64. The third-order valence-electron chi connectivity index (χ3n) is 3.51. The number of fused-ring (bicyclic) bond motifs is 1. The summed E-state index contributed by atoms with van der Waals surface area (Å²) in [5, 5.41) is 23.9. The van der Waals surface area contributed by atoms with Gasteiger partial charge in [0.2, 0.25) is 0 Å². The SMILES string of the molecule is O=C(NCc1nnc2ccccn12)NCC(O)c1ccccc1Cl. The van der Waals surface area contributed by atoms with Crippen molar-refractivity contribution < 1.29 is 9.90 Å². The Morgan fingerprint density at radius 2 is 1.96 bits per heavy atom. The molecule has 3 rings (SSSR count). The van der Waals surface area contributed by atoms with E-state index in [4.69, 9.17) is 11.6 Å². The van der Waals surface area contributed by atoms with Crippen molar-refractivity contribution in [3.05, 3.63) is 65.1 Å². The lowest BCUT2D eigenvalue weighted by molar-refractivity contribution is 0.173. The number of carbonyl (C=O) groups excluding carboxylic acids is 1. The van der Waals surface area contributed by atoms with Crippen LogP contribution in [0, 0.1) is 0 Å². The molecule has 7 nitrogen and oxygen atoms in total. The Kier molecular flexibility index (Phi) is 4.93. The summed E-state index contributed by atoms with van der Waals surface area (Å²) in [6, 6.07) is 12.1. The van der Waals surface area contributed by atoms with Crippen LogP contribution in [-0.2, 0) is 6.54 Å². The van der Waals surface area contributed by atoms with Crippen molar-refractivity contribution in [2.24, 2.45) is 0 Å². The van der Waals surface area contributed by atoms with Crippen molar-refractivity contribution in [2.45, 2.75) is 12.6 Å². The number of rotatable bonds is 5. The first-order chi connectivity index (χ1) is 11.6. The van der Waals surface area contributed by atoms with Crippen LogP contribution in [0.2, 0.25) is 5.02 Å². The number of pyridine rings is 1. The first-order valence-corrected chi connectivity index (χ1v) is 7.76. The van der Waals surface area contributed by atoms with Gasteiger partial charge in [-0.1, -0.05) is 35.9 Å². The number of aromatic nitrogens is 3. The summed E-state index contributed by atoms with van der Waals surface area (Å²) in [5.74, 6) is 0.618. The fraction of sp³-hybridized carbons (Fsp3) is 0.188. The first-order valence-electron chi connectivity index (χ1n) is 7.38. The Labute approximate surface area is 143 Å². The van der Waals surface area contributed by atoms with Crippen LogP contribution in [0.1, 0.15) is 17.5 Å². The third kappa shape index (κ3) is 3.64. The molecule has 0 bridgehead atoms. The summed E-state index contributed by atoms with van der Waals surface area (Å²) in [7, 11) is 0. The Morgan fingerprint density at radius 1 is 1.17 bits per heavy atom. The Morgan fingerprint density at radius 3 is 2.79 bits per heavy atom. The zero-order chi connectivity index (χ0) is 16.9. The van der Waals surface area contributed by atoms with Gasteiger partial charge in [-0.05, 0) is 18.2 Å². The maximum Gasteiger partial charge on any atom is 0.315 e. The van der Waals surface area contributed by atoms with Crippen molar-refractivity contribution in [1.29, 1.82) is 0 Å². The minimum absolute atomic E-state index is 0.0517. The lowest BCUT2D eigenvalue weighted by Crippen LogP contribution is -2.37. The number of halogens is 1. The summed E-state index contributed by atoms with van der Waals surface area (Å²) < 4.78 is 1.79. The molecule has 1 aromatic carbocycles. The molecule has 0 spiro atoms. The second kappa shape index (κ2) is 7.29. The molecule has 0 fully saturated rings. The maximum atomic E-state index is 11.9. The highest BCUT2D eigenvalue weighted by Crippen LogP contribution is 2.21. The van der Waals surface area contributed by atoms with Crippen LogP contribution >= 0.6 is 11.6 Å². The number of nitrogens with one attached hydrogen (secondary N) is 2. The van der Waals surface area contributed by atoms with Crippen LogP contribution < -0.4 is 10.6 Å². The number of benzene rings is 1. The van der Waals surface area contributed by atoms with Gasteiger partial charge in [-0.2, -0.15) is 0 Å². The van der Waals surface area contributed by atoms with Gasteiger partial charge in [0.1, 0.15) is 0 Å². The van der Waals surface area contributed by atoms with Crippen molar-refractivity contribution in [2.75, 3.05) is 6.54 Å². The minimum atomic E-state index is -0.877. The minimum Gasteiger partial charge on any atom is -0.387 e. The molecule has 0 radical (unpaired) electrons. The topological polar surface area (TPSA) is 91.6 Å². The Bertz CT molecular complexity index is 851. The van der Waals surface area contributed by atoms with Crippen molar-refractivity contribution in [1.82, 2.24) is 25.2 Å². The van der Waals surface area contributed by atoms with Gasteiger partial charge in [0.25, 0.3) is 0 Å². The van der Waals surface area contributed by atoms with E-state index in [1.165, 1.54) is 0 Å². The average Bonchev–Trinajstić information content (AvgIpc) is 3.01. The molecular weight excluding hydrogens is 330 g/mol. The summed E-state index contributed by atoms with van der Waals surface area (Å²) >= 11 is 6.01. The lowest BCUT2D eigenvalue weighted by atomic mass is 10.1. The highest BCUT2D eigenvalue weighted by molar-refractivity contribution is 6.31. The van der Waals surface area contributed by atoms with Gasteiger partial charge < -0.3 is 15.7 Å². The number of hydrogen-bond donors (Lipinski definition) is 3. The van der Waals surface area contributed by atoms with Crippen molar-refractivity contribution in [3.8, 4) is 0 Å². The highest BCUT2D eigenvalue weighted by Gasteiger charge is 2.13. The molecule has 0 aliphatic heterocycles. The highest BCUT2D eigenvalue weighted by atomic mass is 35.5. The molecule has 2 heterocycles. The molecule has 0 aliphatic carbocycles. The number of urea groups is 1. The fourth-order valence-corrected chi connectivity index (χ4v) is 2.54. The molecule has 124 valence electrons. The molecule has 0 aliphatic rings. The fourth-order valence-electron chi connectivity index (χ4n) is 2.28. The molecule has 3 N–H and O–H groups in total. The average molecular weight is 346 g/mol. The zero-order valence-corrected chi connectivity index (χ0v) is 13.4. The van der Waals surface area contributed by atoms with Gasteiger partial charge >= 0.3 is 6.03 Å². The monoisotopic (exact) mass is 345 g/mol. The van der Waals surface area contributed by atoms with Crippen molar-refractivity contribution in [3.63, 3.8) is 0 Å². The summed E-state index contributed by atoms with van der Waals surface area (Å²) in [6.45, 7) is 0.273. The zero-order valence-electron chi connectivity index (χ0n) is 12.7. The molecular formula is C16H16ClN5O2. The second-order valence-electron chi connectivity index (χ2n) is 5.15. The van der Waals surface area contributed by atoms with E-state index in [0.29, 0.717) is 22.1 Å². The van der Waals surface area contributed by atoms with E-state index < -0.39 is 12.1 Å². The normalized spacial score (nSPS) is 12.1. The predicted octanol–water partition coefficient (Wildman–Crippen LogP) is 1.92. The second-order valence-corrected chi connectivity index (χ2v) is 5.55. The number of aliphatic hydroxyl groups excluding tert-OH is 1. The maximum absolute atomic E-state index is 11.9. The third-order valence-corrected chi connectivity index (χ3v) is 3.86. The number of aliphatic hydroxyl groups is 1. The van der Waals surface area contributed by atoms with Gasteiger partial charge in [-0.3, -0.25) is 4.40 Å². The largest absolute Gasteiger partial charge is 0.387 e. The quantitative estimate of drug-likeness (QED) is 0.658. The smallest absolute Gasteiger partial charge is 0.315 e. The number of amides is 2. The molecule has 2 amide bonds. The van der Waals surface area contributed by atoms with Crippen molar-refractivity contribution >= 4 is 23.3 Å². The van der Waals surface area contributed by atoms with E-state index >= 15 is 0 Å². The molecule has 0 saturated heterocycles. The summed E-state index contributed by atoms with van der Waals surface area (Å²) in [5.41, 5.74) is 1.28. The van der Waals surface area contributed by atoms with Gasteiger partial charge in [0.05, 0.1) is 12.6 Å². The van der Waals surface area contributed by atoms with Gasteiger partial charge in [0.15, 0.2) is 11.5 Å². The standard InChI is InChI=1S/C16H16ClN5O2/c17-12-6-2-1-5-11(12)13(23)9-18-16(24)19-10-15-21-20-14-7-3-4-8-22(14)15/h1-8,13,23H,9-10H2,(H2,18,19,24). The molecule has 1 atom stereocenters. The van der Waals surface area contributed by atoms with E-state index in [2.05, 4.69) is 20.8 Å². The molecule has 3 aromatic rings. The molecule has 2 aromatic heterocycles. The Balaban J connectivity index is 1.52. The van der Waals surface area contributed by atoms with Gasteiger partial charge in [0, 0.05) is 23.3 Å². The van der Waals surface area contributed by atoms with E-state index in [1.807, 2.05) is 24.4 Å². The van der Waals surface area contributed by atoms with E-state index in [-0.39, 0.29) is 13.1 Å². The number of nitrogens with zero attached hydrogens (tertiary/aromatic N) is 3. The van der Waals surface area contributed by atoms with Gasteiger partial charge in [-0.25, -0.2) is 4.79 Å². The van der Waals surface area contributed by atoms with E-state index in [1.54, 1.807) is 28.7 Å². The number of hydrogen-bond acceptors (Lipinski definition) is 4. The molecule has 24 heavy (non-hydrogen) atoms. The van der Waals surface area contributed by atoms with Crippen LogP contribution in [0.3, 0.4) is 0 Å². The van der Waals surface area contributed by atoms with E-state index in [0.717, 1.165) is 0 Å². The van der Waals surface area contributed by atoms with Crippen LogP contribution in [-0.4, -0.2) is 32.3 Å². The van der Waals surface area contributed by atoms with Crippen LogP contribution in [0.25, 0.3) is 5.65 Å². The number of carbonyl (C=O) groups is 1. The summed E-state index contributed by atoms with van der Waals surface area (Å²) in [6.07, 6.45) is 0.948. The first kappa shape index (κ1) is 16.2.